The molecule has 3 nitrogen and oxygen atoms in total. The molecule has 0 radical (unpaired) electrons. The summed E-state index contributed by atoms with van der Waals surface area (Å²) in [6.07, 6.45) is 3.08. The first-order valence-corrected chi connectivity index (χ1v) is 6.13. The largest absolute Gasteiger partial charge is 0.387 e. The van der Waals surface area contributed by atoms with Crippen molar-refractivity contribution in [1.29, 1.82) is 0 Å². The highest BCUT2D eigenvalue weighted by molar-refractivity contribution is 5.18. The van der Waals surface area contributed by atoms with Gasteiger partial charge in [0.2, 0.25) is 0 Å². The molecule has 0 spiro atoms. The number of rotatable bonds is 5. The summed E-state index contributed by atoms with van der Waals surface area (Å²) in [7, 11) is 0. The Bertz CT molecular complexity index is 413. The van der Waals surface area contributed by atoms with E-state index in [-0.39, 0.29) is 6.04 Å². The number of hydrogen-bond acceptors (Lipinski definition) is 3. The third kappa shape index (κ3) is 3.39. The topological polar surface area (TPSA) is 45.1 Å². The Kier molecular flexibility index (Phi) is 4.45. The molecule has 0 fully saturated rings. The molecule has 2 N–H and O–H groups in total. The average molecular weight is 242 g/mol. The van der Waals surface area contributed by atoms with Crippen molar-refractivity contribution in [1.82, 2.24) is 10.3 Å². The summed E-state index contributed by atoms with van der Waals surface area (Å²) in [5.74, 6) is 0. The normalized spacial score (nSPS) is 14.1. The summed E-state index contributed by atoms with van der Waals surface area (Å²) in [4.78, 5) is 3.99. The molecule has 0 aliphatic heterocycles. The van der Waals surface area contributed by atoms with Crippen molar-refractivity contribution in [2.24, 2.45) is 0 Å². The maximum absolute atomic E-state index is 10.0. The number of nitrogens with one attached hydrogen (secondary N) is 1. The Morgan fingerprint density at radius 1 is 1.06 bits per heavy atom. The molecule has 2 rings (SSSR count). The Morgan fingerprint density at radius 3 is 2.39 bits per heavy atom. The van der Waals surface area contributed by atoms with Crippen LogP contribution in [0.15, 0.2) is 54.9 Å². The van der Waals surface area contributed by atoms with Crippen LogP contribution in [0.1, 0.15) is 30.2 Å². The smallest absolute Gasteiger partial charge is 0.0914 e. The van der Waals surface area contributed by atoms with Gasteiger partial charge in [-0.2, -0.15) is 0 Å². The van der Waals surface area contributed by atoms with Gasteiger partial charge in [-0.05, 0) is 30.2 Å². The van der Waals surface area contributed by atoms with Crippen molar-refractivity contribution in [3.05, 3.63) is 66.0 Å². The standard InChI is InChI=1S/C15H18N2O/c1-12(13-7-9-16-10-8-13)17-11-15(18)14-5-3-2-4-6-14/h2-10,12,15,17-18H,11H2,1H3/t12-,15-/m1/s1. The fourth-order valence-electron chi connectivity index (χ4n) is 1.85. The van der Waals surface area contributed by atoms with Gasteiger partial charge < -0.3 is 10.4 Å². The Balaban J connectivity index is 1.89. The van der Waals surface area contributed by atoms with E-state index < -0.39 is 6.10 Å². The lowest BCUT2D eigenvalue weighted by molar-refractivity contribution is 0.171. The second kappa shape index (κ2) is 6.28. The summed E-state index contributed by atoms with van der Waals surface area (Å²) in [6.45, 7) is 2.61. The van der Waals surface area contributed by atoms with Crippen molar-refractivity contribution in [2.75, 3.05) is 6.54 Å². The number of pyridine rings is 1. The highest BCUT2D eigenvalue weighted by Crippen LogP contribution is 2.14. The molecule has 3 heteroatoms. The zero-order valence-corrected chi connectivity index (χ0v) is 10.5. The van der Waals surface area contributed by atoms with Crippen LogP contribution in [0.3, 0.4) is 0 Å². The summed E-state index contributed by atoms with van der Waals surface area (Å²) < 4.78 is 0. The van der Waals surface area contributed by atoms with Crippen molar-refractivity contribution < 1.29 is 5.11 Å². The molecule has 2 aromatic rings. The van der Waals surface area contributed by atoms with Crippen LogP contribution in [-0.4, -0.2) is 16.6 Å². The van der Waals surface area contributed by atoms with Gasteiger partial charge in [0.1, 0.15) is 0 Å². The molecule has 0 amide bonds. The van der Waals surface area contributed by atoms with E-state index in [1.807, 2.05) is 42.5 Å². The van der Waals surface area contributed by atoms with E-state index in [4.69, 9.17) is 0 Å². The van der Waals surface area contributed by atoms with Gasteiger partial charge in [-0.25, -0.2) is 0 Å². The second-order valence-electron chi connectivity index (χ2n) is 4.34. The minimum absolute atomic E-state index is 0.200. The fourth-order valence-corrected chi connectivity index (χ4v) is 1.85. The SMILES string of the molecule is C[C@@H](NC[C@@H](O)c1ccccc1)c1ccncc1. The molecule has 1 aromatic carbocycles. The number of aliphatic hydroxyl groups is 1. The summed E-state index contributed by atoms with van der Waals surface area (Å²) in [5.41, 5.74) is 2.11. The Labute approximate surface area is 108 Å². The van der Waals surface area contributed by atoms with Gasteiger partial charge in [-0.15, -0.1) is 0 Å². The number of aliphatic hydroxyl groups excluding tert-OH is 1. The molecule has 0 saturated carbocycles. The van der Waals surface area contributed by atoms with E-state index in [9.17, 15) is 5.11 Å². The first-order valence-electron chi connectivity index (χ1n) is 6.13. The van der Waals surface area contributed by atoms with E-state index in [0.717, 1.165) is 5.56 Å². The van der Waals surface area contributed by atoms with Gasteiger partial charge >= 0.3 is 0 Å². The van der Waals surface area contributed by atoms with E-state index >= 15 is 0 Å². The zero-order chi connectivity index (χ0) is 12.8. The van der Waals surface area contributed by atoms with Crippen molar-refractivity contribution in [3.8, 4) is 0 Å². The van der Waals surface area contributed by atoms with Crippen LogP contribution in [0.4, 0.5) is 0 Å². The van der Waals surface area contributed by atoms with Gasteiger partial charge in [0.25, 0.3) is 0 Å². The molecule has 0 unspecified atom stereocenters. The summed E-state index contributed by atoms with van der Waals surface area (Å²) >= 11 is 0. The van der Waals surface area contributed by atoms with Crippen molar-refractivity contribution in [2.45, 2.75) is 19.1 Å². The van der Waals surface area contributed by atoms with Crippen LogP contribution in [0.5, 0.6) is 0 Å². The molecule has 2 atom stereocenters. The third-order valence-electron chi connectivity index (χ3n) is 3.01. The van der Waals surface area contributed by atoms with Crippen LogP contribution in [0.25, 0.3) is 0 Å². The van der Waals surface area contributed by atoms with E-state index in [1.54, 1.807) is 12.4 Å². The Hall–Kier alpha value is -1.71. The number of hydrogen-bond donors (Lipinski definition) is 2. The van der Waals surface area contributed by atoms with Gasteiger partial charge in [-0.3, -0.25) is 4.98 Å². The van der Waals surface area contributed by atoms with Crippen molar-refractivity contribution in [3.63, 3.8) is 0 Å². The van der Waals surface area contributed by atoms with Crippen LogP contribution in [0.2, 0.25) is 0 Å². The van der Waals surface area contributed by atoms with Crippen LogP contribution in [-0.2, 0) is 0 Å². The Morgan fingerprint density at radius 2 is 1.72 bits per heavy atom. The average Bonchev–Trinajstić information content (AvgIpc) is 2.46. The summed E-state index contributed by atoms with van der Waals surface area (Å²) in [5, 5.41) is 13.4. The molecule has 0 aliphatic carbocycles. The van der Waals surface area contributed by atoms with Crippen LogP contribution < -0.4 is 5.32 Å². The zero-order valence-electron chi connectivity index (χ0n) is 10.5. The molecule has 0 bridgehead atoms. The molecular formula is C15H18N2O. The van der Waals surface area contributed by atoms with Crippen molar-refractivity contribution >= 4 is 0 Å². The lowest BCUT2D eigenvalue weighted by atomic mass is 10.1. The maximum Gasteiger partial charge on any atom is 0.0914 e. The van der Waals surface area contributed by atoms with Gasteiger partial charge in [0.15, 0.2) is 0 Å². The quantitative estimate of drug-likeness (QED) is 0.846. The minimum atomic E-state index is -0.476. The highest BCUT2D eigenvalue weighted by Gasteiger charge is 2.09. The van der Waals surface area contributed by atoms with Gasteiger partial charge in [0, 0.05) is 25.0 Å². The lowest BCUT2D eigenvalue weighted by Gasteiger charge is -2.17. The predicted octanol–water partition coefficient (Wildman–Crippen LogP) is 2.47. The minimum Gasteiger partial charge on any atom is -0.387 e. The molecule has 94 valence electrons. The first kappa shape index (κ1) is 12.7. The maximum atomic E-state index is 10.0. The second-order valence-corrected chi connectivity index (χ2v) is 4.34. The van der Waals surface area contributed by atoms with E-state index in [2.05, 4.69) is 17.2 Å². The molecule has 0 saturated heterocycles. The number of nitrogens with zero attached hydrogens (tertiary/aromatic N) is 1. The monoisotopic (exact) mass is 242 g/mol. The highest BCUT2D eigenvalue weighted by atomic mass is 16.3. The molecule has 18 heavy (non-hydrogen) atoms. The predicted molar refractivity (Wildman–Crippen MR) is 72.1 cm³/mol. The number of benzene rings is 1. The molecule has 0 aliphatic rings. The number of aromatic nitrogens is 1. The van der Waals surface area contributed by atoms with Gasteiger partial charge in [0.05, 0.1) is 6.10 Å². The van der Waals surface area contributed by atoms with E-state index in [1.165, 1.54) is 5.56 Å². The third-order valence-corrected chi connectivity index (χ3v) is 3.01. The molecule has 1 aromatic heterocycles. The molecule has 1 heterocycles. The fraction of sp³-hybridized carbons (Fsp3) is 0.267. The summed E-state index contributed by atoms with van der Waals surface area (Å²) in [6, 6.07) is 13.8. The van der Waals surface area contributed by atoms with E-state index in [0.29, 0.717) is 6.54 Å². The van der Waals surface area contributed by atoms with Gasteiger partial charge in [-0.1, -0.05) is 30.3 Å². The molecular weight excluding hydrogens is 224 g/mol. The lowest BCUT2D eigenvalue weighted by Crippen LogP contribution is -2.24. The van der Waals surface area contributed by atoms with Crippen LogP contribution in [0, 0.1) is 0 Å². The van der Waals surface area contributed by atoms with Crippen LogP contribution >= 0.6 is 0 Å². The first-order chi connectivity index (χ1) is 8.77.